The van der Waals surface area contributed by atoms with Crippen molar-refractivity contribution in [2.45, 2.75) is 38.8 Å². The molecule has 3 rings (SSSR count). The van der Waals surface area contributed by atoms with Crippen molar-refractivity contribution in [2.75, 3.05) is 0 Å². The van der Waals surface area contributed by atoms with E-state index >= 15 is 0 Å². The Kier molecular flexibility index (Phi) is 5.69. The van der Waals surface area contributed by atoms with Gasteiger partial charge in [-0.3, -0.25) is 0 Å². The Morgan fingerprint density at radius 2 is 1.93 bits per heavy atom. The fraction of sp³-hybridized carbons (Fsp3) is 0.300. The Balaban J connectivity index is 1.97. The van der Waals surface area contributed by atoms with Gasteiger partial charge in [-0.05, 0) is 73.0 Å². The predicted octanol–water partition coefficient (Wildman–Crippen LogP) is 5.41. The van der Waals surface area contributed by atoms with Gasteiger partial charge in [0.1, 0.15) is 17.2 Å². The van der Waals surface area contributed by atoms with Gasteiger partial charge >= 0.3 is 6.09 Å². The van der Waals surface area contributed by atoms with E-state index in [1.54, 1.807) is 33.0 Å². The van der Waals surface area contributed by atoms with E-state index in [1.807, 2.05) is 6.07 Å². The summed E-state index contributed by atoms with van der Waals surface area (Å²) in [6.07, 6.45) is 1.25. The molecule has 0 saturated heterocycles. The van der Waals surface area contributed by atoms with E-state index in [1.165, 1.54) is 12.1 Å². The number of aromatic amines is 1. The molecular weight excluding hydrogens is 432 g/mol. The third-order valence-corrected chi connectivity index (χ3v) is 4.53. The van der Waals surface area contributed by atoms with E-state index in [0.717, 1.165) is 11.6 Å². The first-order valence-corrected chi connectivity index (χ1v) is 9.48. The topological polar surface area (TPSA) is 67.0 Å². The smallest absolute Gasteiger partial charge is 0.408 e. The predicted molar refractivity (Wildman–Crippen MR) is 106 cm³/mol. The maximum Gasteiger partial charge on any atom is 0.408 e. The number of aromatic nitrogens is 2. The molecule has 0 aliphatic heterocycles. The summed E-state index contributed by atoms with van der Waals surface area (Å²) in [5.41, 5.74) is 1.77. The SMILES string of the molecule is CC(C)(C)OC(=O)N[C@@H](Cc1cc(F)cc(F)c1)c1nc2cc[nH]c2cc1Br. The fourth-order valence-corrected chi connectivity index (χ4v) is 3.44. The van der Waals surface area contributed by atoms with Crippen molar-refractivity contribution in [3.8, 4) is 0 Å². The number of pyridine rings is 1. The van der Waals surface area contributed by atoms with Crippen molar-refractivity contribution in [3.05, 3.63) is 63.9 Å². The minimum atomic E-state index is -0.686. The lowest BCUT2D eigenvalue weighted by molar-refractivity contribution is 0.0502. The quantitative estimate of drug-likeness (QED) is 0.556. The number of rotatable bonds is 4. The van der Waals surface area contributed by atoms with E-state index in [0.29, 0.717) is 21.2 Å². The summed E-state index contributed by atoms with van der Waals surface area (Å²) < 4.78 is 33.3. The van der Waals surface area contributed by atoms with Crippen molar-refractivity contribution in [2.24, 2.45) is 0 Å². The maximum absolute atomic E-state index is 13.6. The third-order valence-electron chi connectivity index (χ3n) is 3.90. The highest BCUT2D eigenvalue weighted by Crippen LogP contribution is 2.28. The molecule has 0 radical (unpaired) electrons. The second kappa shape index (κ2) is 7.87. The summed E-state index contributed by atoms with van der Waals surface area (Å²) in [6, 6.07) is 6.25. The van der Waals surface area contributed by atoms with Gasteiger partial charge in [-0.25, -0.2) is 18.6 Å². The van der Waals surface area contributed by atoms with Gasteiger partial charge in [0.25, 0.3) is 0 Å². The molecule has 148 valence electrons. The van der Waals surface area contributed by atoms with Crippen molar-refractivity contribution < 1.29 is 18.3 Å². The molecule has 3 aromatic rings. The molecular formula is C20H20BrF2N3O2. The van der Waals surface area contributed by atoms with Crippen LogP contribution in [-0.2, 0) is 11.2 Å². The summed E-state index contributed by atoms with van der Waals surface area (Å²) in [6.45, 7) is 5.26. The van der Waals surface area contributed by atoms with Gasteiger partial charge in [-0.2, -0.15) is 0 Å². The third kappa shape index (κ3) is 5.07. The van der Waals surface area contributed by atoms with Crippen LogP contribution in [0.2, 0.25) is 0 Å². The van der Waals surface area contributed by atoms with Crippen LogP contribution >= 0.6 is 15.9 Å². The first kappa shape index (κ1) is 20.3. The lowest BCUT2D eigenvalue weighted by Gasteiger charge is -2.24. The van der Waals surface area contributed by atoms with Crippen LogP contribution < -0.4 is 5.32 Å². The second-order valence-electron chi connectivity index (χ2n) is 7.45. The fourth-order valence-electron chi connectivity index (χ4n) is 2.85. The van der Waals surface area contributed by atoms with Crippen LogP contribution in [0.5, 0.6) is 0 Å². The monoisotopic (exact) mass is 451 g/mol. The zero-order valence-corrected chi connectivity index (χ0v) is 17.2. The Morgan fingerprint density at radius 3 is 2.57 bits per heavy atom. The number of halogens is 3. The van der Waals surface area contributed by atoms with Crippen LogP contribution in [-0.4, -0.2) is 21.7 Å². The van der Waals surface area contributed by atoms with E-state index < -0.39 is 29.4 Å². The van der Waals surface area contributed by atoms with E-state index in [-0.39, 0.29) is 6.42 Å². The van der Waals surface area contributed by atoms with Gasteiger partial charge in [-0.15, -0.1) is 0 Å². The molecule has 1 atom stereocenters. The largest absolute Gasteiger partial charge is 0.444 e. The second-order valence-corrected chi connectivity index (χ2v) is 8.30. The number of carbonyl (C=O) groups is 1. The van der Waals surface area contributed by atoms with Crippen LogP contribution in [0.25, 0.3) is 11.0 Å². The number of hydrogen-bond acceptors (Lipinski definition) is 3. The van der Waals surface area contributed by atoms with E-state index in [4.69, 9.17) is 4.74 Å². The molecule has 2 heterocycles. The van der Waals surface area contributed by atoms with Crippen LogP contribution in [0.15, 0.2) is 41.0 Å². The summed E-state index contributed by atoms with van der Waals surface area (Å²) in [5, 5.41) is 2.77. The number of alkyl carbamates (subject to hydrolysis) is 1. The standard InChI is InChI=1S/C20H20BrF2N3O2/c1-20(2,3)28-19(27)26-17(8-11-6-12(22)9-13(23)7-11)18-14(21)10-16-15(25-18)4-5-24-16/h4-7,9-10,17,24H,8H2,1-3H3,(H,26,27)/t17-/m0/s1. The highest BCUT2D eigenvalue weighted by Gasteiger charge is 2.24. The molecule has 0 saturated carbocycles. The number of benzene rings is 1. The molecule has 5 nitrogen and oxygen atoms in total. The molecule has 0 aliphatic rings. The molecule has 1 aromatic carbocycles. The Morgan fingerprint density at radius 1 is 1.25 bits per heavy atom. The van der Waals surface area contributed by atoms with Crippen LogP contribution in [0, 0.1) is 11.6 Å². The lowest BCUT2D eigenvalue weighted by Crippen LogP contribution is -2.36. The van der Waals surface area contributed by atoms with Crippen molar-refractivity contribution in [1.82, 2.24) is 15.3 Å². The van der Waals surface area contributed by atoms with Crippen molar-refractivity contribution >= 4 is 33.1 Å². The summed E-state index contributed by atoms with van der Waals surface area (Å²) >= 11 is 3.47. The normalized spacial score (nSPS) is 12.8. The summed E-state index contributed by atoms with van der Waals surface area (Å²) in [5.74, 6) is -1.36. The zero-order valence-electron chi connectivity index (χ0n) is 15.6. The first-order valence-electron chi connectivity index (χ1n) is 8.69. The van der Waals surface area contributed by atoms with Crippen molar-refractivity contribution in [1.29, 1.82) is 0 Å². The number of nitrogens with zero attached hydrogens (tertiary/aromatic N) is 1. The molecule has 0 bridgehead atoms. The van der Waals surface area contributed by atoms with E-state index in [2.05, 4.69) is 31.2 Å². The summed E-state index contributed by atoms with van der Waals surface area (Å²) in [4.78, 5) is 20.0. The highest BCUT2D eigenvalue weighted by molar-refractivity contribution is 9.10. The average molecular weight is 452 g/mol. The molecule has 0 aliphatic carbocycles. The van der Waals surface area contributed by atoms with Gasteiger partial charge in [0.05, 0.1) is 22.8 Å². The molecule has 1 amide bonds. The molecule has 2 N–H and O–H groups in total. The molecule has 8 heteroatoms. The number of ether oxygens (including phenoxy) is 1. The highest BCUT2D eigenvalue weighted by atomic mass is 79.9. The van der Waals surface area contributed by atoms with Crippen LogP contribution in [0.3, 0.4) is 0 Å². The zero-order chi connectivity index (χ0) is 20.5. The number of fused-ring (bicyclic) bond motifs is 1. The molecule has 0 fully saturated rings. The average Bonchev–Trinajstić information content (AvgIpc) is 2.97. The maximum atomic E-state index is 13.6. The van der Waals surface area contributed by atoms with Gasteiger partial charge < -0.3 is 15.0 Å². The number of amides is 1. The van der Waals surface area contributed by atoms with Gasteiger partial charge in [0, 0.05) is 16.7 Å². The molecule has 0 spiro atoms. The van der Waals surface area contributed by atoms with E-state index in [9.17, 15) is 13.6 Å². The number of hydrogen-bond donors (Lipinski definition) is 2. The minimum absolute atomic E-state index is 0.134. The molecule has 0 unspecified atom stereocenters. The molecule has 28 heavy (non-hydrogen) atoms. The Labute approximate surface area is 169 Å². The van der Waals surface area contributed by atoms with Gasteiger partial charge in [-0.1, -0.05) is 0 Å². The Bertz CT molecular complexity index is 994. The van der Waals surface area contributed by atoms with Gasteiger partial charge in [0.15, 0.2) is 0 Å². The number of carbonyl (C=O) groups excluding carboxylic acids is 1. The van der Waals surface area contributed by atoms with Crippen LogP contribution in [0.1, 0.15) is 38.1 Å². The van der Waals surface area contributed by atoms with Crippen molar-refractivity contribution in [3.63, 3.8) is 0 Å². The van der Waals surface area contributed by atoms with Crippen LogP contribution in [0.4, 0.5) is 13.6 Å². The molecule has 2 aromatic heterocycles. The Hall–Kier alpha value is -2.48. The van der Waals surface area contributed by atoms with Gasteiger partial charge in [0.2, 0.25) is 0 Å². The lowest BCUT2D eigenvalue weighted by atomic mass is 10.0. The minimum Gasteiger partial charge on any atom is -0.444 e. The number of nitrogens with one attached hydrogen (secondary N) is 2. The summed E-state index contributed by atoms with van der Waals surface area (Å²) in [7, 11) is 0. The first-order chi connectivity index (χ1) is 13.1. The number of H-pyrrole nitrogens is 1.